The fraction of sp³-hybridized carbons (Fsp3) is 0.375. The summed E-state index contributed by atoms with van der Waals surface area (Å²) in [4.78, 5) is 23.7. The first-order valence-electron chi connectivity index (χ1n) is 7.09. The monoisotopic (exact) mass is 288 g/mol. The predicted molar refractivity (Wildman–Crippen MR) is 80.1 cm³/mol. The van der Waals surface area contributed by atoms with E-state index >= 15 is 0 Å². The van der Waals surface area contributed by atoms with Gasteiger partial charge in [0.2, 0.25) is 0 Å². The highest BCUT2D eigenvalue weighted by atomic mass is 16.4. The molecule has 1 saturated heterocycles. The zero-order chi connectivity index (χ0) is 15.2. The lowest BCUT2D eigenvalue weighted by Crippen LogP contribution is -2.34. The van der Waals surface area contributed by atoms with Crippen molar-refractivity contribution in [1.29, 1.82) is 0 Å². The number of rotatable bonds is 4. The van der Waals surface area contributed by atoms with Gasteiger partial charge in [-0.05, 0) is 49.1 Å². The minimum atomic E-state index is -1.25. The minimum Gasteiger partial charge on any atom is -0.465 e. The molecule has 1 fully saturated rings. The maximum Gasteiger partial charge on any atom is 0.414 e. The average molecular weight is 288 g/mol. The number of hydrogen-bond acceptors (Lipinski definition) is 3. The van der Waals surface area contributed by atoms with E-state index < -0.39 is 12.0 Å². The molecule has 1 aliphatic rings. The maximum atomic E-state index is 11.7. The van der Waals surface area contributed by atoms with Gasteiger partial charge in [-0.3, -0.25) is 4.79 Å². The molecule has 1 aliphatic heterocycles. The van der Waals surface area contributed by atoms with Gasteiger partial charge in [-0.1, -0.05) is 30.8 Å². The molecule has 21 heavy (non-hydrogen) atoms. The molecule has 0 bridgehead atoms. The second kappa shape index (κ2) is 7.04. The lowest BCUT2D eigenvalue weighted by molar-refractivity contribution is -0.124. The molecule has 0 atom stereocenters. The van der Waals surface area contributed by atoms with Crippen molar-refractivity contribution in [2.24, 2.45) is 0 Å². The van der Waals surface area contributed by atoms with Crippen LogP contribution in [0.2, 0.25) is 0 Å². The van der Waals surface area contributed by atoms with E-state index in [2.05, 4.69) is 11.9 Å². The van der Waals surface area contributed by atoms with Gasteiger partial charge in [-0.25, -0.2) is 9.69 Å². The predicted octanol–water partition coefficient (Wildman–Crippen LogP) is 2.35. The second-order valence-corrected chi connectivity index (χ2v) is 5.13. The fourth-order valence-electron chi connectivity index (χ4n) is 2.73. The van der Waals surface area contributed by atoms with Gasteiger partial charge in [0.15, 0.2) is 0 Å². The lowest BCUT2D eigenvalue weighted by Gasteiger charge is -2.26. The van der Waals surface area contributed by atoms with Gasteiger partial charge in [0.05, 0.1) is 6.54 Å². The highest BCUT2D eigenvalue weighted by molar-refractivity contribution is 5.97. The van der Waals surface area contributed by atoms with Crippen LogP contribution in [0, 0.1) is 0 Å². The van der Waals surface area contributed by atoms with Crippen molar-refractivity contribution in [3.8, 4) is 0 Å². The Morgan fingerprint density at radius 3 is 2.62 bits per heavy atom. The van der Waals surface area contributed by atoms with Gasteiger partial charge in [0, 0.05) is 0 Å². The summed E-state index contributed by atoms with van der Waals surface area (Å²) in [5, 5.41) is 12.5. The van der Waals surface area contributed by atoms with E-state index in [9.17, 15) is 14.7 Å². The molecule has 0 saturated carbocycles. The summed E-state index contributed by atoms with van der Waals surface area (Å²) in [5.41, 5.74) is 2.03. The number of hydrogen-bond donors (Lipinski definition) is 2. The normalized spacial score (nSPS) is 15.4. The second-order valence-electron chi connectivity index (χ2n) is 5.13. The van der Waals surface area contributed by atoms with Gasteiger partial charge in [0.1, 0.15) is 0 Å². The molecule has 1 aromatic carbocycles. The molecule has 0 aromatic heterocycles. The number of carbonyl (C=O) groups is 2. The largest absolute Gasteiger partial charge is 0.465 e. The summed E-state index contributed by atoms with van der Waals surface area (Å²) >= 11 is 0. The molecule has 5 nitrogen and oxygen atoms in total. The lowest BCUT2D eigenvalue weighted by atomic mass is 9.87. The van der Waals surface area contributed by atoms with E-state index in [-0.39, 0.29) is 6.54 Å². The van der Waals surface area contributed by atoms with Gasteiger partial charge in [-0.2, -0.15) is 0 Å². The molecular weight excluding hydrogens is 268 g/mol. The number of nitrogens with zero attached hydrogens (tertiary/aromatic N) is 1. The smallest absolute Gasteiger partial charge is 0.414 e. The van der Waals surface area contributed by atoms with Crippen LogP contribution in [0.3, 0.4) is 0 Å². The summed E-state index contributed by atoms with van der Waals surface area (Å²) in [7, 11) is 0. The Bertz CT molecular complexity index is 536. The van der Waals surface area contributed by atoms with Gasteiger partial charge in [0.25, 0.3) is 5.91 Å². The first-order valence-corrected chi connectivity index (χ1v) is 7.09. The molecule has 2 rings (SSSR count). The fourth-order valence-corrected chi connectivity index (χ4v) is 2.73. The highest BCUT2D eigenvalue weighted by Crippen LogP contribution is 2.28. The Kier molecular flexibility index (Phi) is 5.11. The molecule has 2 amide bonds. The number of imide groups is 1. The Hall–Kier alpha value is -2.14. The zero-order valence-electron chi connectivity index (χ0n) is 11.9. The van der Waals surface area contributed by atoms with Crippen molar-refractivity contribution in [1.82, 2.24) is 10.2 Å². The number of carbonyl (C=O) groups excluding carboxylic acids is 1. The first kappa shape index (κ1) is 15.3. The van der Waals surface area contributed by atoms with Crippen LogP contribution in [0.15, 0.2) is 36.9 Å². The van der Waals surface area contributed by atoms with Crippen LogP contribution in [0.4, 0.5) is 4.79 Å². The SMILES string of the molecule is C=CC(=O)N(Cc1ccccc1C1CCNCC1)C(=O)O. The molecule has 5 heteroatoms. The number of nitrogens with one attached hydrogen (secondary N) is 1. The van der Waals surface area contributed by atoms with Crippen molar-refractivity contribution in [2.75, 3.05) is 13.1 Å². The van der Waals surface area contributed by atoms with Crippen LogP contribution in [0.5, 0.6) is 0 Å². The topological polar surface area (TPSA) is 69.6 Å². The van der Waals surface area contributed by atoms with Gasteiger partial charge in [-0.15, -0.1) is 0 Å². The Morgan fingerprint density at radius 2 is 2.00 bits per heavy atom. The summed E-state index contributed by atoms with van der Waals surface area (Å²) in [6, 6.07) is 7.76. The number of benzene rings is 1. The number of piperidine rings is 1. The molecule has 2 N–H and O–H groups in total. The quantitative estimate of drug-likeness (QED) is 0.834. The third-order valence-corrected chi connectivity index (χ3v) is 3.83. The summed E-state index contributed by atoms with van der Waals surface area (Å²) in [5.74, 6) is -0.181. The van der Waals surface area contributed by atoms with Crippen LogP contribution in [0.25, 0.3) is 0 Å². The molecule has 0 spiro atoms. The first-order chi connectivity index (χ1) is 10.1. The summed E-state index contributed by atoms with van der Waals surface area (Å²) in [6.45, 7) is 5.36. The molecule has 1 heterocycles. The Labute approximate surface area is 124 Å². The van der Waals surface area contributed by atoms with E-state index in [0.717, 1.165) is 48.0 Å². The summed E-state index contributed by atoms with van der Waals surface area (Å²) in [6.07, 6.45) is 1.83. The Morgan fingerprint density at radius 1 is 1.33 bits per heavy atom. The number of carboxylic acid groups (broad SMARTS) is 1. The number of amides is 2. The van der Waals surface area contributed by atoms with Gasteiger partial charge >= 0.3 is 6.09 Å². The molecule has 0 unspecified atom stereocenters. The van der Waals surface area contributed by atoms with E-state index in [4.69, 9.17) is 0 Å². The molecule has 112 valence electrons. The van der Waals surface area contributed by atoms with Crippen LogP contribution < -0.4 is 5.32 Å². The molecule has 1 aromatic rings. The van der Waals surface area contributed by atoms with Crippen molar-refractivity contribution in [3.05, 3.63) is 48.0 Å². The van der Waals surface area contributed by atoms with E-state index in [0.29, 0.717) is 5.92 Å². The van der Waals surface area contributed by atoms with Crippen molar-refractivity contribution >= 4 is 12.0 Å². The van der Waals surface area contributed by atoms with Gasteiger partial charge < -0.3 is 10.4 Å². The van der Waals surface area contributed by atoms with E-state index in [1.807, 2.05) is 24.3 Å². The standard InChI is InChI=1S/C16H20N2O3/c1-2-15(19)18(16(20)21)11-13-5-3-4-6-14(13)12-7-9-17-10-8-12/h2-6,12,17H,1,7-11H2,(H,20,21). The average Bonchev–Trinajstić information content (AvgIpc) is 2.52. The third-order valence-electron chi connectivity index (χ3n) is 3.83. The van der Waals surface area contributed by atoms with Crippen LogP contribution in [-0.4, -0.2) is 35.1 Å². The zero-order valence-corrected chi connectivity index (χ0v) is 11.9. The van der Waals surface area contributed by atoms with Crippen LogP contribution >= 0.6 is 0 Å². The summed E-state index contributed by atoms with van der Waals surface area (Å²) < 4.78 is 0. The van der Waals surface area contributed by atoms with E-state index in [1.54, 1.807) is 0 Å². The van der Waals surface area contributed by atoms with Crippen LogP contribution in [-0.2, 0) is 11.3 Å². The molecule has 0 radical (unpaired) electrons. The minimum absolute atomic E-state index is 0.0697. The van der Waals surface area contributed by atoms with Crippen molar-refractivity contribution < 1.29 is 14.7 Å². The van der Waals surface area contributed by atoms with E-state index in [1.165, 1.54) is 0 Å². The van der Waals surface area contributed by atoms with Crippen LogP contribution in [0.1, 0.15) is 29.9 Å². The van der Waals surface area contributed by atoms with Crippen molar-refractivity contribution in [2.45, 2.75) is 25.3 Å². The molecular formula is C16H20N2O3. The Balaban J connectivity index is 2.24. The maximum absolute atomic E-state index is 11.7. The third kappa shape index (κ3) is 3.70. The van der Waals surface area contributed by atoms with Crippen molar-refractivity contribution in [3.63, 3.8) is 0 Å². The molecule has 0 aliphatic carbocycles. The highest BCUT2D eigenvalue weighted by Gasteiger charge is 2.23.